The summed E-state index contributed by atoms with van der Waals surface area (Å²) in [6.07, 6.45) is 8.91. The van der Waals surface area contributed by atoms with E-state index in [0.717, 1.165) is 44.0 Å². The second-order valence-corrected chi connectivity index (χ2v) is 6.77. The number of amides is 1. The van der Waals surface area contributed by atoms with Crippen molar-refractivity contribution in [2.75, 3.05) is 6.54 Å². The van der Waals surface area contributed by atoms with Gasteiger partial charge in [-0.25, -0.2) is 0 Å². The maximum atomic E-state index is 12.0. The van der Waals surface area contributed by atoms with Gasteiger partial charge in [-0.15, -0.1) is 0 Å². The van der Waals surface area contributed by atoms with E-state index in [1.54, 1.807) is 0 Å². The zero-order valence-corrected chi connectivity index (χ0v) is 13.6. The van der Waals surface area contributed by atoms with E-state index in [4.69, 9.17) is 0 Å². The number of hydrogen-bond acceptors (Lipinski definition) is 2. The third-order valence-electron chi connectivity index (χ3n) is 4.89. The third kappa shape index (κ3) is 4.14. The van der Waals surface area contributed by atoms with Gasteiger partial charge in [0.1, 0.15) is 0 Å². The smallest absolute Gasteiger partial charge is 0.222 e. The number of rotatable bonds is 6. The van der Waals surface area contributed by atoms with Crippen molar-refractivity contribution in [3.8, 4) is 0 Å². The van der Waals surface area contributed by atoms with Crippen molar-refractivity contribution < 1.29 is 9.90 Å². The molecule has 3 N–H and O–H groups in total. The molecule has 1 fully saturated rings. The summed E-state index contributed by atoms with van der Waals surface area (Å²) in [5.74, 6) is -0.0201. The molecule has 2 aromatic rings. The van der Waals surface area contributed by atoms with Crippen LogP contribution in [0.2, 0.25) is 0 Å². The van der Waals surface area contributed by atoms with E-state index < -0.39 is 5.60 Å². The molecule has 1 aromatic heterocycles. The van der Waals surface area contributed by atoms with Crippen LogP contribution in [0, 0.1) is 0 Å². The van der Waals surface area contributed by atoms with Gasteiger partial charge in [0.05, 0.1) is 12.0 Å². The van der Waals surface area contributed by atoms with Gasteiger partial charge in [0.2, 0.25) is 5.91 Å². The van der Waals surface area contributed by atoms with Gasteiger partial charge in [-0.1, -0.05) is 37.5 Å². The molecule has 4 nitrogen and oxygen atoms in total. The molecule has 124 valence electrons. The van der Waals surface area contributed by atoms with Gasteiger partial charge < -0.3 is 15.4 Å². The summed E-state index contributed by atoms with van der Waals surface area (Å²) < 4.78 is 0. The highest BCUT2D eigenvalue weighted by Gasteiger charge is 2.31. The zero-order chi connectivity index (χ0) is 16.1. The number of benzene rings is 1. The van der Waals surface area contributed by atoms with E-state index in [0.29, 0.717) is 6.54 Å². The van der Waals surface area contributed by atoms with Crippen molar-refractivity contribution in [1.29, 1.82) is 0 Å². The fourth-order valence-corrected chi connectivity index (χ4v) is 3.59. The number of para-hydroxylation sites is 1. The maximum absolute atomic E-state index is 12.0. The highest BCUT2D eigenvalue weighted by Crippen LogP contribution is 2.30. The molecule has 0 unspecified atom stereocenters. The first-order valence-electron chi connectivity index (χ1n) is 8.70. The minimum atomic E-state index is -0.765. The third-order valence-corrected chi connectivity index (χ3v) is 4.89. The van der Waals surface area contributed by atoms with Crippen molar-refractivity contribution in [3.63, 3.8) is 0 Å². The van der Waals surface area contributed by atoms with Gasteiger partial charge >= 0.3 is 0 Å². The Morgan fingerprint density at radius 3 is 2.83 bits per heavy atom. The van der Waals surface area contributed by atoms with Crippen LogP contribution in [0.1, 0.15) is 50.5 Å². The second kappa shape index (κ2) is 7.18. The van der Waals surface area contributed by atoms with E-state index in [2.05, 4.69) is 28.6 Å². The summed E-state index contributed by atoms with van der Waals surface area (Å²) in [4.78, 5) is 15.3. The normalized spacial score (nSPS) is 17.3. The molecule has 4 heteroatoms. The summed E-state index contributed by atoms with van der Waals surface area (Å²) in [5, 5.41) is 14.6. The van der Waals surface area contributed by atoms with Crippen molar-refractivity contribution in [2.24, 2.45) is 0 Å². The summed E-state index contributed by atoms with van der Waals surface area (Å²) in [6, 6.07) is 8.27. The Morgan fingerprint density at radius 1 is 1.22 bits per heavy atom. The molecule has 1 amide bonds. The molecule has 0 bridgehead atoms. The molecular weight excluding hydrogens is 288 g/mol. The minimum absolute atomic E-state index is 0.0201. The largest absolute Gasteiger partial charge is 0.389 e. The Balaban J connectivity index is 1.42. The van der Waals surface area contributed by atoms with Crippen LogP contribution in [0.5, 0.6) is 0 Å². The first kappa shape index (κ1) is 16.1. The van der Waals surface area contributed by atoms with Crippen LogP contribution >= 0.6 is 0 Å². The van der Waals surface area contributed by atoms with Crippen molar-refractivity contribution in [1.82, 2.24) is 10.3 Å². The molecule has 0 aliphatic heterocycles. The van der Waals surface area contributed by atoms with Gasteiger partial charge in [-0.2, -0.15) is 0 Å². The Bertz CT molecular complexity index is 656. The number of carbonyl (C=O) groups is 1. The average molecular weight is 314 g/mol. The number of aromatic amines is 1. The molecule has 0 radical (unpaired) electrons. The molecular formula is C19H26N2O2. The quantitative estimate of drug-likeness (QED) is 0.716. The van der Waals surface area contributed by atoms with E-state index in [9.17, 15) is 9.90 Å². The molecule has 23 heavy (non-hydrogen) atoms. The van der Waals surface area contributed by atoms with Gasteiger partial charge in [-0.3, -0.25) is 4.79 Å². The molecule has 1 heterocycles. The molecule has 0 spiro atoms. The summed E-state index contributed by atoms with van der Waals surface area (Å²) >= 11 is 0. The van der Waals surface area contributed by atoms with Crippen LogP contribution < -0.4 is 5.32 Å². The number of aromatic nitrogens is 1. The van der Waals surface area contributed by atoms with Crippen LogP contribution in [-0.4, -0.2) is 28.1 Å². The number of fused-ring (bicyclic) bond motifs is 1. The van der Waals surface area contributed by atoms with E-state index in [1.807, 2.05) is 12.1 Å². The number of carbonyl (C=O) groups excluding carboxylic acids is 1. The number of nitrogens with one attached hydrogen (secondary N) is 2. The number of aliphatic hydroxyl groups is 1. The molecule has 0 saturated heterocycles. The SMILES string of the molecule is O=C(CC1(O)CCCCC1)NCCCc1c[nH]c2ccccc12. The summed E-state index contributed by atoms with van der Waals surface area (Å²) in [6.45, 7) is 0.661. The highest BCUT2D eigenvalue weighted by molar-refractivity contribution is 5.83. The van der Waals surface area contributed by atoms with E-state index in [-0.39, 0.29) is 12.3 Å². The van der Waals surface area contributed by atoms with Crippen LogP contribution in [0.4, 0.5) is 0 Å². The molecule has 1 aromatic carbocycles. The molecule has 3 rings (SSSR count). The van der Waals surface area contributed by atoms with E-state index >= 15 is 0 Å². The Morgan fingerprint density at radius 2 is 2.00 bits per heavy atom. The average Bonchev–Trinajstić information content (AvgIpc) is 2.95. The maximum Gasteiger partial charge on any atom is 0.222 e. The van der Waals surface area contributed by atoms with Gasteiger partial charge in [0.15, 0.2) is 0 Å². The fourth-order valence-electron chi connectivity index (χ4n) is 3.59. The van der Waals surface area contributed by atoms with Crippen LogP contribution in [0.15, 0.2) is 30.5 Å². The minimum Gasteiger partial charge on any atom is -0.389 e. The summed E-state index contributed by atoms with van der Waals surface area (Å²) in [7, 11) is 0. The van der Waals surface area contributed by atoms with Crippen molar-refractivity contribution in [3.05, 3.63) is 36.0 Å². The van der Waals surface area contributed by atoms with Crippen LogP contribution in [0.3, 0.4) is 0 Å². The number of hydrogen-bond donors (Lipinski definition) is 3. The molecule has 1 aliphatic rings. The van der Waals surface area contributed by atoms with Crippen LogP contribution in [-0.2, 0) is 11.2 Å². The Labute approximate surface area is 137 Å². The monoisotopic (exact) mass is 314 g/mol. The lowest BCUT2D eigenvalue weighted by Crippen LogP contribution is -2.38. The first-order valence-corrected chi connectivity index (χ1v) is 8.70. The van der Waals surface area contributed by atoms with E-state index in [1.165, 1.54) is 17.4 Å². The van der Waals surface area contributed by atoms with Crippen LogP contribution in [0.25, 0.3) is 10.9 Å². The topological polar surface area (TPSA) is 65.1 Å². The highest BCUT2D eigenvalue weighted by atomic mass is 16.3. The Kier molecular flexibility index (Phi) is 5.01. The second-order valence-electron chi connectivity index (χ2n) is 6.77. The predicted octanol–water partition coefficient (Wildman–Crippen LogP) is 3.30. The predicted molar refractivity (Wildman–Crippen MR) is 92.3 cm³/mol. The Hall–Kier alpha value is -1.81. The first-order chi connectivity index (χ1) is 11.2. The van der Waals surface area contributed by atoms with Gasteiger partial charge in [0.25, 0.3) is 0 Å². The standard InChI is InChI=1S/C19H26N2O2/c22-18(13-19(23)10-4-1-5-11-19)20-12-6-7-15-14-21-17-9-3-2-8-16(15)17/h2-3,8-9,14,21,23H,1,4-7,10-13H2,(H,20,22). The summed E-state index contributed by atoms with van der Waals surface area (Å²) in [5.41, 5.74) is 1.69. The lowest BCUT2D eigenvalue weighted by molar-refractivity contribution is -0.127. The zero-order valence-electron chi connectivity index (χ0n) is 13.6. The van der Waals surface area contributed by atoms with Crippen molar-refractivity contribution in [2.45, 2.75) is 57.0 Å². The lowest BCUT2D eigenvalue weighted by atomic mass is 9.82. The van der Waals surface area contributed by atoms with Gasteiger partial charge in [0, 0.05) is 23.6 Å². The molecule has 1 aliphatic carbocycles. The fraction of sp³-hybridized carbons (Fsp3) is 0.526. The molecule has 0 atom stereocenters. The van der Waals surface area contributed by atoms with Crippen molar-refractivity contribution >= 4 is 16.8 Å². The number of H-pyrrole nitrogens is 1. The molecule has 1 saturated carbocycles. The van der Waals surface area contributed by atoms with Gasteiger partial charge in [-0.05, 0) is 37.3 Å². The number of aryl methyl sites for hydroxylation is 1. The lowest BCUT2D eigenvalue weighted by Gasteiger charge is -2.31.